The maximum atomic E-state index is 11.4. The van der Waals surface area contributed by atoms with E-state index < -0.39 is 18.0 Å². The van der Waals surface area contributed by atoms with Gasteiger partial charge in [-0.2, -0.15) is 0 Å². The lowest BCUT2D eigenvalue weighted by Gasteiger charge is -2.25. The fraction of sp³-hybridized carbons (Fsp3) is 0.562. The molecule has 4 heteroatoms. The summed E-state index contributed by atoms with van der Waals surface area (Å²) < 4.78 is 5.90. The van der Waals surface area contributed by atoms with Crippen LogP contribution in [0.15, 0.2) is 18.2 Å². The largest absolute Gasteiger partial charge is 0.487 e. The smallest absolute Gasteiger partial charge is 0.309 e. The van der Waals surface area contributed by atoms with Crippen LogP contribution in [0, 0.1) is 11.8 Å². The number of carbonyl (C=O) groups is 1. The van der Waals surface area contributed by atoms with E-state index in [1.807, 2.05) is 26.0 Å². The normalized spacial score (nSPS) is 19.3. The molecule has 0 saturated carbocycles. The second-order valence-electron chi connectivity index (χ2n) is 6.43. The summed E-state index contributed by atoms with van der Waals surface area (Å²) in [6, 6.07) is 5.57. The Hall–Kier alpha value is -1.55. The van der Waals surface area contributed by atoms with Gasteiger partial charge in [0.2, 0.25) is 0 Å². The highest BCUT2D eigenvalue weighted by Gasteiger charge is 2.37. The van der Waals surface area contributed by atoms with Gasteiger partial charge in [0, 0.05) is 12.0 Å². The van der Waals surface area contributed by atoms with Crippen molar-refractivity contribution in [2.24, 2.45) is 11.8 Å². The van der Waals surface area contributed by atoms with Crippen LogP contribution >= 0.6 is 0 Å². The molecule has 0 bridgehead atoms. The maximum absolute atomic E-state index is 11.4. The van der Waals surface area contributed by atoms with E-state index >= 15 is 0 Å². The van der Waals surface area contributed by atoms with Gasteiger partial charge in [0.25, 0.3) is 0 Å². The quantitative estimate of drug-likeness (QED) is 0.888. The van der Waals surface area contributed by atoms with Gasteiger partial charge in [-0.25, -0.2) is 0 Å². The molecule has 0 aliphatic carbocycles. The predicted octanol–water partition coefficient (Wildman–Crippen LogP) is 2.79. The van der Waals surface area contributed by atoms with Crippen molar-refractivity contribution in [3.05, 3.63) is 29.3 Å². The molecule has 1 aromatic carbocycles. The topological polar surface area (TPSA) is 66.8 Å². The highest BCUT2D eigenvalue weighted by molar-refractivity contribution is 5.71. The van der Waals surface area contributed by atoms with Crippen LogP contribution in [-0.2, 0) is 11.2 Å². The number of fused-ring (bicyclic) bond motifs is 1. The first-order chi connectivity index (χ1) is 9.23. The fourth-order valence-corrected chi connectivity index (χ4v) is 2.85. The van der Waals surface area contributed by atoms with Crippen molar-refractivity contribution in [3.63, 3.8) is 0 Å². The third kappa shape index (κ3) is 2.66. The average Bonchev–Trinajstić information content (AvgIpc) is 2.60. The SMILES string of the molecule is CC(C)C(C(=O)O)C(O)c1cccc2c1OC(C)(C)C2. The van der Waals surface area contributed by atoms with Gasteiger partial charge in [-0.15, -0.1) is 0 Å². The molecule has 0 radical (unpaired) electrons. The van der Waals surface area contributed by atoms with Gasteiger partial charge in [0.15, 0.2) is 0 Å². The average molecular weight is 278 g/mol. The van der Waals surface area contributed by atoms with Crippen molar-refractivity contribution < 1.29 is 19.7 Å². The molecule has 1 heterocycles. The Bertz CT molecular complexity index is 519. The first-order valence-corrected chi connectivity index (χ1v) is 6.94. The number of hydrogen-bond acceptors (Lipinski definition) is 3. The molecule has 1 aromatic rings. The third-order valence-electron chi connectivity index (χ3n) is 3.78. The summed E-state index contributed by atoms with van der Waals surface area (Å²) in [4.78, 5) is 11.4. The van der Waals surface area contributed by atoms with Crippen LogP contribution in [0.2, 0.25) is 0 Å². The Morgan fingerprint density at radius 3 is 2.55 bits per heavy atom. The van der Waals surface area contributed by atoms with Crippen molar-refractivity contribution in [1.82, 2.24) is 0 Å². The molecule has 110 valence electrons. The van der Waals surface area contributed by atoms with Gasteiger partial charge in [-0.1, -0.05) is 32.0 Å². The Balaban J connectivity index is 2.40. The van der Waals surface area contributed by atoms with Crippen LogP contribution in [0.5, 0.6) is 5.75 Å². The molecule has 1 aliphatic rings. The Kier molecular flexibility index (Phi) is 3.78. The van der Waals surface area contributed by atoms with Crippen LogP contribution < -0.4 is 4.74 Å². The van der Waals surface area contributed by atoms with E-state index in [1.54, 1.807) is 19.9 Å². The summed E-state index contributed by atoms with van der Waals surface area (Å²) in [7, 11) is 0. The van der Waals surface area contributed by atoms with E-state index in [-0.39, 0.29) is 11.5 Å². The first kappa shape index (κ1) is 14.9. The van der Waals surface area contributed by atoms with Gasteiger partial charge in [-0.05, 0) is 25.3 Å². The Morgan fingerprint density at radius 1 is 1.35 bits per heavy atom. The fourth-order valence-electron chi connectivity index (χ4n) is 2.85. The van der Waals surface area contributed by atoms with E-state index in [2.05, 4.69) is 0 Å². The van der Waals surface area contributed by atoms with E-state index in [1.165, 1.54) is 0 Å². The highest BCUT2D eigenvalue weighted by Crippen LogP contribution is 2.42. The molecule has 2 atom stereocenters. The van der Waals surface area contributed by atoms with E-state index in [0.717, 1.165) is 12.0 Å². The number of carboxylic acid groups (broad SMARTS) is 1. The van der Waals surface area contributed by atoms with Gasteiger partial charge in [0.1, 0.15) is 11.4 Å². The molecule has 2 N–H and O–H groups in total. The highest BCUT2D eigenvalue weighted by atomic mass is 16.5. The number of ether oxygens (including phenoxy) is 1. The minimum Gasteiger partial charge on any atom is -0.487 e. The van der Waals surface area contributed by atoms with E-state index in [4.69, 9.17) is 4.74 Å². The third-order valence-corrected chi connectivity index (χ3v) is 3.78. The number of carboxylic acids is 1. The number of hydrogen-bond donors (Lipinski definition) is 2. The Morgan fingerprint density at radius 2 is 2.00 bits per heavy atom. The molecule has 2 unspecified atom stereocenters. The van der Waals surface area contributed by atoms with Crippen molar-refractivity contribution in [2.75, 3.05) is 0 Å². The van der Waals surface area contributed by atoms with Crippen LogP contribution in [0.25, 0.3) is 0 Å². The molecule has 0 aromatic heterocycles. The van der Waals surface area contributed by atoms with Crippen molar-refractivity contribution in [1.29, 1.82) is 0 Å². The summed E-state index contributed by atoms with van der Waals surface area (Å²) in [5.74, 6) is -1.33. The minimum atomic E-state index is -1.06. The molecular weight excluding hydrogens is 256 g/mol. The van der Waals surface area contributed by atoms with Gasteiger partial charge in [0.05, 0.1) is 12.0 Å². The standard InChI is InChI=1S/C16H22O4/c1-9(2)12(15(18)19)13(17)11-7-5-6-10-8-16(3,4)20-14(10)11/h5-7,9,12-13,17H,8H2,1-4H3,(H,18,19). The van der Waals surface area contributed by atoms with Crippen molar-refractivity contribution >= 4 is 5.97 Å². The molecule has 2 rings (SSSR count). The first-order valence-electron chi connectivity index (χ1n) is 6.94. The minimum absolute atomic E-state index is 0.159. The van der Waals surface area contributed by atoms with Gasteiger partial charge >= 0.3 is 5.97 Å². The summed E-state index contributed by atoms with van der Waals surface area (Å²) in [6.45, 7) is 7.58. The van der Waals surface area contributed by atoms with Crippen LogP contribution in [0.3, 0.4) is 0 Å². The molecule has 4 nitrogen and oxygen atoms in total. The van der Waals surface area contributed by atoms with Crippen molar-refractivity contribution in [2.45, 2.75) is 45.8 Å². The maximum Gasteiger partial charge on any atom is 0.309 e. The predicted molar refractivity (Wildman–Crippen MR) is 75.8 cm³/mol. The number of para-hydroxylation sites is 1. The van der Waals surface area contributed by atoms with Gasteiger partial charge < -0.3 is 14.9 Å². The molecule has 0 amide bonds. The molecule has 0 saturated heterocycles. The molecular formula is C16H22O4. The van der Waals surface area contributed by atoms with Crippen LogP contribution in [0.1, 0.15) is 44.9 Å². The van der Waals surface area contributed by atoms with E-state index in [0.29, 0.717) is 11.3 Å². The lowest BCUT2D eigenvalue weighted by Crippen LogP contribution is -2.28. The monoisotopic (exact) mass is 278 g/mol. The second kappa shape index (κ2) is 5.09. The second-order valence-corrected chi connectivity index (χ2v) is 6.43. The zero-order valence-electron chi connectivity index (χ0n) is 12.4. The van der Waals surface area contributed by atoms with Gasteiger partial charge in [-0.3, -0.25) is 4.79 Å². The Labute approximate surface area is 119 Å². The van der Waals surface area contributed by atoms with Crippen molar-refractivity contribution in [3.8, 4) is 5.75 Å². The zero-order chi connectivity index (χ0) is 15.1. The summed E-state index contributed by atoms with van der Waals surface area (Å²) >= 11 is 0. The lowest BCUT2D eigenvalue weighted by molar-refractivity contribution is -0.148. The molecule has 1 aliphatic heterocycles. The summed E-state index contributed by atoms with van der Waals surface area (Å²) in [5, 5.41) is 19.8. The lowest BCUT2D eigenvalue weighted by atomic mass is 9.85. The van der Waals surface area contributed by atoms with E-state index in [9.17, 15) is 15.0 Å². The van der Waals surface area contributed by atoms with Crippen LogP contribution in [-0.4, -0.2) is 21.8 Å². The van der Waals surface area contributed by atoms with Crippen LogP contribution in [0.4, 0.5) is 0 Å². The number of aliphatic carboxylic acids is 1. The summed E-state index contributed by atoms with van der Waals surface area (Å²) in [5.41, 5.74) is 1.29. The number of benzene rings is 1. The number of aliphatic hydroxyl groups excluding tert-OH is 1. The molecule has 0 spiro atoms. The molecule has 0 fully saturated rings. The number of rotatable bonds is 4. The summed E-state index contributed by atoms with van der Waals surface area (Å²) in [6.07, 6.45) is -0.293. The molecule has 20 heavy (non-hydrogen) atoms. The number of aliphatic hydroxyl groups is 1. The zero-order valence-corrected chi connectivity index (χ0v) is 12.4.